The van der Waals surface area contributed by atoms with Gasteiger partial charge in [0.15, 0.2) is 5.82 Å². The van der Waals surface area contributed by atoms with E-state index in [1.807, 2.05) is 25.1 Å². The lowest BCUT2D eigenvalue weighted by molar-refractivity contribution is 0.121. The third kappa shape index (κ3) is 3.84. The second kappa shape index (κ2) is 6.76. The minimum atomic E-state index is -3.40. The largest absolute Gasteiger partial charge is 0.472 e. The van der Waals surface area contributed by atoms with Gasteiger partial charge >= 0.3 is 0 Å². The van der Waals surface area contributed by atoms with Gasteiger partial charge in [-0.25, -0.2) is 0 Å². The Balaban J connectivity index is 2.01. The molecule has 0 aromatic carbocycles. The van der Waals surface area contributed by atoms with E-state index >= 15 is 0 Å². The lowest BCUT2D eigenvalue weighted by Crippen LogP contribution is -2.48. The highest BCUT2D eigenvalue weighted by Gasteiger charge is 2.31. The van der Waals surface area contributed by atoms with Gasteiger partial charge in [0.1, 0.15) is 6.10 Å². The second-order valence-electron chi connectivity index (χ2n) is 5.65. The summed E-state index contributed by atoms with van der Waals surface area (Å²) in [5.74, 6) is 1.16. The quantitative estimate of drug-likeness (QED) is 0.767. The molecule has 2 heterocycles. The molecule has 9 heteroatoms. The van der Waals surface area contributed by atoms with E-state index in [-0.39, 0.29) is 6.10 Å². The summed E-state index contributed by atoms with van der Waals surface area (Å²) in [6.45, 7) is 0.850. The summed E-state index contributed by atoms with van der Waals surface area (Å²) in [5, 5.41) is 8.07. The highest BCUT2D eigenvalue weighted by Crippen LogP contribution is 2.20. The number of rotatable bonds is 5. The zero-order valence-corrected chi connectivity index (χ0v) is 14.2. The van der Waals surface area contributed by atoms with Crippen LogP contribution in [0.1, 0.15) is 12.8 Å². The van der Waals surface area contributed by atoms with Crippen molar-refractivity contribution < 1.29 is 13.2 Å². The Morgan fingerprint density at radius 1 is 1.23 bits per heavy atom. The Morgan fingerprint density at radius 3 is 2.50 bits per heavy atom. The summed E-state index contributed by atoms with van der Waals surface area (Å²) in [5.41, 5.74) is 0. The van der Waals surface area contributed by atoms with Crippen molar-refractivity contribution in [2.24, 2.45) is 0 Å². The molecule has 1 aliphatic rings. The summed E-state index contributed by atoms with van der Waals surface area (Å²) in [4.78, 5) is 1.85. The molecular weight excluding hydrogens is 306 g/mol. The van der Waals surface area contributed by atoms with Crippen LogP contribution in [0.3, 0.4) is 0 Å². The molecule has 0 saturated carbocycles. The maximum Gasteiger partial charge on any atom is 0.281 e. The number of piperidine rings is 1. The van der Waals surface area contributed by atoms with Crippen LogP contribution in [-0.2, 0) is 10.2 Å². The first-order chi connectivity index (χ1) is 10.3. The zero-order chi connectivity index (χ0) is 16.3. The highest BCUT2D eigenvalue weighted by molar-refractivity contribution is 7.86. The van der Waals surface area contributed by atoms with Crippen LogP contribution in [-0.4, -0.2) is 74.6 Å². The van der Waals surface area contributed by atoms with Crippen molar-refractivity contribution >= 4 is 16.0 Å². The fraction of sp³-hybridized carbons (Fsp3) is 0.692. The van der Waals surface area contributed by atoms with E-state index in [0.717, 1.165) is 18.7 Å². The van der Waals surface area contributed by atoms with E-state index in [1.54, 1.807) is 6.07 Å². The van der Waals surface area contributed by atoms with Gasteiger partial charge in [-0.1, -0.05) is 0 Å². The Morgan fingerprint density at radius 2 is 1.95 bits per heavy atom. The van der Waals surface area contributed by atoms with Crippen LogP contribution in [0.25, 0.3) is 0 Å². The molecule has 8 nitrogen and oxygen atoms in total. The molecule has 0 bridgehead atoms. The minimum Gasteiger partial charge on any atom is -0.472 e. The van der Waals surface area contributed by atoms with Gasteiger partial charge in [0.25, 0.3) is 10.2 Å². The van der Waals surface area contributed by atoms with E-state index in [4.69, 9.17) is 4.74 Å². The fourth-order valence-electron chi connectivity index (χ4n) is 2.23. The first kappa shape index (κ1) is 16.9. The van der Waals surface area contributed by atoms with Crippen LogP contribution in [0.5, 0.6) is 5.88 Å². The molecule has 22 heavy (non-hydrogen) atoms. The predicted octanol–water partition coefficient (Wildman–Crippen LogP) is 0.192. The number of hydrogen-bond donors (Lipinski definition) is 0. The molecule has 2 rings (SSSR count). The highest BCUT2D eigenvalue weighted by atomic mass is 32.2. The zero-order valence-electron chi connectivity index (χ0n) is 13.4. The van der Waals surface area contributed by atoms with Crippen LogP contribution in [0.15, 0.2) is 12.1 Å². The van der Waals surface area contributed by atoms with Gasteiger partial charge in [0, 0.05) is 40.8 Å². The predicted molar refractivity (Wildman–Crippen MR) is 84.2 cm³/mol. The number of anilines is 1. The van der Waals surface area contributed by atoms with Gasteiger partial charge in [0.05, 0.1) is 6.54 Å². The molecule has 1 saturated heterocycles. The van der Waals surface area contributed by atoms with Gasteiger partial charge in [-0.15, -0.1) is 10.2 Å². The van der Waals surface area contributed by atoms with Gasteiger partial charge in [-0.3, -0.25) is 0 Å². The standard InChI is InChI=1S/C13H23N5O3S/c1-16(2)12-7-8-13(15-14-12)21-11-6-5-9-18(10-11)22(19,20)17(3)4/h7-8,11H,5-6,9-10H2,1-4H3. The van der Waals surface area contributed by atoms with Gasteiger partial charge in [-0.2, -0.15) is 17.0 Å². The van der Waals surface area contributed by atoms with Crippen molar-refractivity contribution in [1.82, 2.24) is 18.8 Å². The lowest BCUT2D eigenvalue weighted by atomic mass is 10.1. The Bertz CT molecular complexity index is 588. The van der Waals surface area contributed by atoms with Gasteiger partial charge in [0.2, 0.25) is 5.88 Å². The topological polar surface area (TPSA) is 78.9 Å². The third-order valence-electron chi connectivity index (χ3n) is 3.50. The Hall–Kier alpha value is -1.45. The number of aromatic nitrogens is 2. The normalized spacial score (nSPS) is 20.1. The van der Waals surface area contributed by atoms with E-state index in [2.05, 4.69) is 10.2 Å². The summed E-state index contributed by atoms with van der Waals surface area (Å²) >= 11 is 0. The van der Waals surface area contributed by atoms with E-state index in [0.29, 0.717) is 19.0 Å². The maximum absolute atomic E-state index is 12.2. The van der Waals surface area contributed by atoms with Crippen molar-refractivity contribution in [3.05, 3.63) is 12.1 Å². The fourth-order valence-corrected chi connectivity index (χ4v) is 3.40. The van der Waals surface area contributed by atoms with Crippen molar-refractivity contribution in [2.45, 2.75) is 18.9 Å². The number of ether oxygens (including phenoxy) is 1. The van der Waals surface area contributed by atoms with Crippen LogP contribution in [0.2, 0.25) is 0 Å². The summed E-state index contributed by atoms with van der Waals surface area (Å²) < 4.78 is 32.8. The molecule has 1 aliphatic heterocycles. The third-order valence-corrected chi connectivity index (χ3v) is 5.41. The maximum atomic E-state index is 12.2. The molecule has 0 aliphatic carbocycles. The van der Waals surface area contributed by atoms with E-state index in [1.165, 1.54) is 22.7 Å². The van der Waals surface area contributed by atoms with Gasteiger partial charge < -0.3 is 9.64 Å². The van der Waals surface area contributed by atoms with Crippen LogP contribution in [0, 0.1) is 0 Å². The van der Waals surface area contributed by atoms with Crippen LogP contribution in [0.4, 0.5) is 5.82 Å². The van der Waals surface area contributed by atoms with E-state index in [9.17, 15) is 8.42 Å². The lowest BCUT2D eigenvalue weighted by Gasteiger charge is -2.33. The van der Waals surface area contributed by atoms with Gasteiger partial charge in [-0.05, 0) is 18.9 Å². The molecule has 0 N–H and O–H groups in total. The Kier molecular flexibility index (Phi) is 5.20. The van der Waals surface area contributed by atoms with Crippen molar-refractivity contribution in [3.63, 3.8) is 0 Å². The van der Waals surface area contributed by atoms with Crippen molar-refractivity contribution in [1.29, 1.82) is 0 Å². The molecule has 124 valence electrons. The van der Waals surface area contributed by atoms with Crippen LogP contribution >= 0.6 is 0 Å². The molecule has 1 aromatic rings. The average molecular weight is 329 g/mol. The minimum absolute atomic E-state index is 0.206. The summed E-state index contributed by atoms with van der Waals surface area (Å²) in [7, 11) is 3.44. The molecule has 1 fully saturated rings. The monoisotopic (exact) mass is 329 g/mol. The molecule has 0 spiro atoms. The Labute approximate surface area is 131 Å². The first-order valence-electron chi connectivity index (χ1n) is 7.16. The molecule has 1 unspecified atom stereocenters. The van der Waals surface area contributed by atoms with Crippen molar-refractivity contribution in [3.8, 4) is 5.88 Å². The van der Waals surface area contributed by atoms with E-state index < -0.39 is 10.2 Å². The molecule has 0 radical (unpaired) electrons. The second-order valence-corrected chi connectivity index (χ2v) is 7.80. The molecule has 1 atom stereocenters. The average Bonchev–Trinajstić information content (AvgIpc) is 2.48. The summed E-state index contributed by atoms with van der Waals surface area (Å²) in [6, 6.07) is 3.57. The number of nitrogens with zero attached hydrogens (tertiary/aromatic N) is 5. The number of hydrogen-bond acceptors (Lipinski definition) is 6. The van der Waals surface area contributed by atoms with Crippen molar-refractivity contribution in [2.75, 3.05) is 46.2 Å². The first-order valence-corrected chi connectivity index (χ1v) is 8.55. The smallest absolute Gasteiger partial charge is 0.281 e. The SMILES string of the molecule is CN(C)c1ccc(OC2CCCN(S(=O)(=O)N(C)C)C2)nn1. The molecular formula is C13H23N5O3S. The van der Waals surface area contributed by atoms with Crippen LogP contribution < -0.4 is 9.64 Å². The molecule has 0 amide bonds. The molecule has 1 aromatic heterocycles. The summed E-state index contributed by atoms with van der Waals surface area (Å²) in [6.07, 6.45) is 1.36.